The van der Waals surface area contributed by atoms with Crippen molar-refractivity contribution in [2.75, 3.05) is 31.1 Å². The summed E-state index contributed by atoms with van der Waals surface area (Å²) in [5.41, 5.74) is 8.49. The molecule has 0 aromatic heterocycles. The van der Waals surface area contributed by atoms with Crippen molar-refractivity contribution < 1.29 is 5.11 Å². The van der Waals surface area contributed by atoms with Gasteiger partial charge in [-0.05, 0) is 48.0 Å². The van der Waals surface area contributed by atoms with E-state index in [9.17, 15) is 5.11 Å². The lowest BCUT2D eigenvalue weighted by atomic mass is 10.1. The molecule has 26 heavy (non-hydrogen) atoms. The maximum atomic E-state index is 9.43. The van der Waals surface area contributed by atoms with Crippen LogP contribution in [0, 0.1) is 0 Å². The molecule has 1 heterocycles. The number of phenols is 1. The maximum Gasteiger partial charge on any atom is 0.134 e. The Bertz CT molecular complexity index is 845. The summed E-state index contributed by atoms with van der Waals surface area (Å²) in [5, 5.41) is 13.7. The molecule has 0 saturated carbocycles. The molecule has 1 saturated heterocycles. The number of hydrogen-bond acceptors (Lipinski definition) is 4. The van der Waals surface area contributed by atoms with Crippen molar-refractivity contribution in [3.63, 3.8) is 0 Å². The third kappa shape index (κ3) is 4.69. The van der Waals surface area contributed by atoms with Crippen LogP contribution >= 0.6 is 23.2 Å². The number of halogens is 2. The topological polar surface area (TPSA) is 73.9 Å². The number of nitrogens with two attached hydrogens (primary N) is 1. The summed E-state index contributed by atoms with van der Waals surface area (Å²) in [5.74, 6) is 0.324. The van der Waals surface area contributed by atoms with Gasteiger partial charge in [0, 0.05) is 36.9 Å². The predicted octanol–water partition coefficient (Wildman–Crippen LogP) is 3.81. The Morgan fingerprint density at radius 1 is 1.12 bits per heavy atom. The minimum Gasteiger partial charge on any atom is -0.506 e. The summed E-state index contributed by atoms with van der Waals surface area (Å²) in [6.07, 6.45) is 3.51. The van der Waals surface area contributed by atoms with E-state index >= 15 is 0 Å². The first kappa shape index (κ1) is 18.6. The number of piperazine rings is 1. The van der Waals surface area contributed by atoms with Crippen LogP contribution in [0.15, 0.2) is 47.5 Å². The molecule has 136 valence electrons. The molecule has 0 spiro atoms. The zero-order valence-corrected chi connectivity index (χ0v) is 15.6. The second-order valence-corrected chi connectivity index (χ2v) is 6.76. The standard InChI is InChI=1S/C19H20Cl2N4O/c20-16-12-15(25-9-7-23-8-10-25)4-1-13(16)2-6-19(22)24-14-3-5-18(26)17(21)11-14/h1-6,11-12,23,26H,7-10H2,(H2,22,24). The number of amidine groups is 1. The van der Waals surface area contributed by atoms with Crippen LogP contribution < -0.4 is 16.0 Å². The van der Waals surface area contributed by atoms with Crippen molar-refractivity contribution in [2.45, 2.75) is 0 Å². The lowest BCUT2D eigenvalue weighted by molar-refractivity contribution is 0.475. The Morgan fingerprint density at radius 2 is 1.88 bits per heavy atom. The number of aliphatic imine (C=N–C) groups is 1. The summed E-state index contributed by atoms with van der Waals surface area (Å²) in [4.78, 5) is 6.56. The van der Waals surface area contributed by atoms with Gasteiger partial charge in [-0.1, -0.05) is 29.3 Å². The number of rotatable bonds is 4. The van der Waals surface area contributed by atoms with E-state index in [1.807, 2.05) is 18.2 Å². The van der Waals surface area contributed by atoms with Crippen molar-refractivity contribution in [1.82, 2.24) is 5.32 Å². The van der Waals surface area contributed by atoms with E-state index in [0.29, 0.717) is 16.5 Å². The SMILES string of the molecule is NC(C=Cc1ccc(N2CCNCC2)cc1Cl)=Nc1ccc(O)c(Cl)c1. The maximum absolute atomic E-state index is 9.43. The highest BCUT2D eigenvalue weighted by molar-refractivity contribution is 6.32. The van der Waals surface area contributed by atoms with Gasteiger partial charge in [0.2, 0.25) is 0 Å². The third-order valence-corrected chi connectivity index (χ3v) is 4.72. The molecule has 4 N–H and O–H groups in total. The fraction of sp³-hybridized carbons (Fsp3) is 0.211. The number of hydrogen-bond donors (Lipinski definition) is 3. The van der Waals surface area contributed by atoms with E-state index in [2.05, 4.69) is 21.3 Å². The first-order chi connectivity index (χ1) is 12.5. The van der Waals surface area contributed by atoms with Gasteiger partial charge in [-0.3, -0.25) is 0 Å². The number of phenolic OH excluding ortho intramolecular Hbond substituents is 1. The molecule has 1 fully saturated rings. The number of aromatic hydroxyl groups is 1. The first-order valence-corrected chi connectivity index (χ1v) is 9.04. The normalized spacial score (nSPS) is 15.6. The van der Waals surface area contributed by atoms with Gasteiger partial charge in [-0.2, -0.15) is 0 Å². The van der Waals surface area contributed by atoms with E-state index < -0.39 is 0 Å². The smallest absolute Gasteiger partial charge is 0.134 e. The molecule has 1 aliphatic rings. The fourth-order valence-corrected chi connectivity index (χ4v) is 3.11. The lowest BCUT2D eigenvalue weighted by Crippen LogP contribution is -2.43. The Hall–Kier alpha value is -2.21. The van der Waals surface area contributed by atoms with E-state index in [1.54, 1.807) is 18.2 Å². The Kier molecular flexibility index (Phi) is 6.04. The molecule has 1 aliphatic heterocycles. The van der Waals surface area contributed by atoms with Crippen LogP contribution in [0.1, 0.15) is 5.56 Å². The molecule has 0 unspecified atom stereocenters. The van der Waals surface area contributed by atoms with Crippen molar-refractivity contribution in [2.24, 2.45) is 10.7 Å². The number of nitrogens with zero attached hydrogens (tertiary/aromatic N) is 2. The highest BCUT2D eigenvalue weighted by Gasteiger charge is 2.11. The van der Waals surface area contributed by atoms with Gasteiger partial charge >= 0.3 is 0 Å². The average molecular weight is 391 g/mol. The van der Waals surface area contributed by atoms with Crippen molar-refractivity contribution in [1.29, 1.82) is 0 Å². The van der Waals surface area contributed by atoms with Gasteiger partial charge in [0.15, 0.2) is 0 Å². The molecular formula is C19H20Cl2N4O. The first-order valence-electron chi connectivity index (χ1n) is 8.29. The van der Waals surface area contributed by atoms with Crippen molar-refractivity contribution in [3.8, 4) is 5.75 Å². The van der Waals surface area contributed by atoms with Gasteiger partial charge in [-0.25, -0.2) is 4.99 Å². The predicted molar refractivity (Wildman–Crippen MR) is 110 cm³/mol. The van der Waals surface area contributed by atoms with Gasteiger partial charge in [0.25, 0.3) is 0 Å². The minimum absolute atomic E-state index is 0.0103. The molecule has 0 amide bonds. The third-order valence-electron chi connectivity index (χ3n) is 4.09. The molecule has 3 rings (SSSR count). The zero-order valence-electron chi connectivity index (χ0n) is 14.1. The fourth-order valence-electron chi connectivity index (χ4n) is 2.70. The molecule has 5 nitrogen and oxygen atoms in total. The molecule has 2 aromatic rings. The molecule has 7 heteroatoms. The Labute approximate surface area is 162 Å². The Morgan fingerprint density at radius 3 is 2.58 bits per heavy atom. The second kappa shape index (κ2) is 8.45. The molecule has 0 aliphatic carbocycles. The largest absolute Gasteiger partial charge is 0.506 e. The van der Waals surface area contributed by atoms with Gasteiger partial charge in [-0.15, -0.1) is 0 Å². The highest BCUT2D eigenvalue weighted by atomic mass is 35.5. The van der Waals surface area contributed by atoms with Gasteiger partial charge in [0.1, 0.15) is 11.6 Å². The van der Waals surface area contributed by atoms with Gasteiger partial charge < -0.3 is 21.1 Å². The quantitative estimate of drug-likeness (QED) is 0.548. The van der Waals surface area contributed by atoms with Crippen LogP contribution in [0.4, 0.5) is 11.4 Å². The number of benzene rings is 2. The zero-order chi connectivity index (χ0) is 18.5. The van der Waals surface area contributed by atoms with Gasteiger partial charge in [0.05, 0.1) is 10.7 Å². The van der Waals surface area contributed by atoms with E-state index in [-0.39, 0.29) is 10.8 Å². The van der Waals surface area contributed by atoms with E-state index in [1.165, 1.54) is 6.07 Å². The number of anilines is 1. The van der Waals surface area contributed by atoms with E-state index in [0.717, 1.165) is 37.4 Å². The van der Waals surface area contributed by atoms with E-state index in [4.69, 9.17) is 28.9 Å². The number of nitrogens with one attached hydrogen (secondary N) is 1. The lowest BCUT2D eigenvalue weighted by Gasteiger charge is -2.29. The molecule has 0 bridgehead atoms. The highest BCUT2D eigenvalue weighted by Crippen LogP contribution is 2.28. The molecular weight excluding hydrogens is 371 g/mol. The summed E-state index contributed by atoms with van der Waals surface area (Å²) in [6, 6.07) is 10.7. The van der Waals surface area contributed by atoms with Crippen LogP contribution in [-0.2, 0) is 0 Å². The molecule has 2 aromatic carbocycles. The van der Waals surface area contributed by atoms with Crippen LogP contribution in [-0.4, -0.2) is 37.1 Å². The minimum atomic E-state index is 0.0103. The van der Waals surface area contributed by atoms with Crippen LogP contribution in [0.25, 0.3) is 6.08 Å². The summed E-state index contributed by atoms with van der Waals surface area (Å²) in [6.45, 7) is 3.90. The molecule has 0 radical (unpaired) electrons. The average Bonchev–Trinajstić information content (AvgIpc) is 2.64. The second-order valence-electron chi connectivity index (χ2n) is 5.95. The Balaban J connectivity index is 1.72. The van der Waals surface area contributed by atoms with Crippen molar-refractivity contribution in [3.05, 3.63) is 58.1 Å². The monoisotopic (exact) mass is 390 g/mol. The summed E-state index contributed by atoms with van der Waals surface area (Å²) in [7, 11) is 0. The van der Waals surface area contributed by atoms with Crippen molar-refractivity contribution >= 4 is 46.5 Å². The van der Waals surface area contributed by atoms with Crippen LogP contribution in [0.3, 0.4) is 0 Å². The van der Waals surface area contributed by atoms with Crippen LogP contribution in [0.5, 0.6) is 5.75 Å². The summed E-state index contributed by atoms with van der Waals surface area (Å²) < 4.78 is 0. The molecule has 0 atom stereocenters. The van der Waals surface area contributed by atoms with Crippen LogP contribution in [0.2, 0.25) is 10.0 Å². The summed E-state index contributed by atoms with van der Waals surface area (Å²) >= 11 is 12.3.